The van der Waals surface area contributed by atoms with Crippen LogP contribution in [0.4, 0.5) is 0 Å². The van der Waals surface area contributed by atoms with Crippen LogP contribution in [-0.2, 0) is 4.79 Å². The van der Waals surface area contributed by atoms with Gasteiger partial charge in [-0.15, -0.1) is 0 Å². The molecule has 0 spiro atoms. The van der Waals surface area contributed by atoms with Gasteiger partial charge in [0.25, 0.3) is 0 Å². The highest BCUT2D eigenvalue weighted by atomic mass is 32.2. The van der Waals surface area contributed by atoms with Crippen molar-refractivity contribution in [1.29, 1.82) is 0 Å². The average molecular weight is 353 g/mol. The Bertz CT molecular complexity index is 871. The number of benzene rings is 2. The molecule has 0 saturated heterocycles. The monoisotopic (exact) mass is 353 g/mol. The van der Waals surface area contributed by atoms with Crippen LogP contribution in [0.5, 0.6) is 5.75 Å². The molecule has 1 heterocycles. The standard InChI is InChI=1S/C19H19N3O2S/c1-13-3-7-15(8-4-13)22-17(11-21-19(22)25-12-18(20)23)14-5-9-16(24-2)10-6-14/h3-11H,12H2,1-2H3,(H2,20,23). The number of aryl methyl sites for hydroxylation is 1. The summed E-state index contributed by atoms with van der Waals surface area (Å²) in [4.78, 5) is 15.7. The van der Waals surface area contributed by atoms with Crippen molar-refractivity contribution in [2.45, 2.75) is 12.1 Å². The van der Waals surface area contributed by atoms with Crippen LogP contribution >= 0.6 is 11.8 Å². The zero-order valence-electron chi connectivity index (χ0n) is 14.1. The van der Waals surface area contributed by atoms with Crippen LogP contribution in [0.15, 0.2) is 59.9 Å². The first-order valence-corrected chi connectivity index (χ1v) is 8.77. The van der Waals surface area contributed by atoms with E-state index in [0.29, 0.717) is 0 Å². The molecule has 1 amide bonds. The van der Waals surface area contributed by atoms with Crippen LogP contribution in [0, 0.1) is 6.92 Å². The van der Waals surface area contributed by atoms with Crippen molar-refractivity contribution in [3.8, 4) is 22.7 Å². The molecular formula is C19H19N3O2S. The van der Waals surface area contributed by atoms with Gasteiger partial charge in [-0.1, -0.05) is 29.5 Å². The molecular weight excluding hydrogens is 334 g/mol. The number of ether oxygens (including phenoxy) is 1. The third-order valence-electron chi connectivity index (χ3n) is 3.75. The van der Waals surface area contributed by atoms with Gasteiger partial charge in [0, 0.05) is 11.3 Å². The van der Waals surface area contributed by atoms with Crippen molar-refractivity contribution in [3.63, 3.8) is 0 Å². The first-order chi connectivity index (χ1) is 12.1. The zero-order valence-corrected chi connectivity index (χ0v) is 14.9. The maximum Gasteiger partial charge on any atom is 0.227 e. The molecule has 25 heavy (non-hydrogen) atoms. The number of amides is 1. The van der Waals surface area contributed by atoms with Crippen molar-refractivity contribution in [3.05, 3.63) is 60.3 Å². The predicted molar refractivity (Wildman–Crippen MR) is 100 cm³/mol. The minimum Gasteiger partial charge on any atom is -0.497 e. The van der Waals surface area contributed by atoms with Gasteiger partial charge < -0.3 is 10.5 Å². The van der Waals surface area contributed by atoms with Gasteiger partial charge in [0.15, 0.2) is 5.16 Å². The van der Waals surface area contributed by atoms with E-state index >= 15 is 0 Å². The van der Waals surface area contributed by atoms with Crippen LogP contribution in [0.2, 0.25) is 0 Å². The van der Waals surface area contributed by atoms with E-state index in [2.05, 4.69) is 17.1 Å². The molecule has 0 aliphatic carbocycles. The number of aromatic nitrogens is 2. The van der Waals surface area contributed by atoms with E-state index in [1.165, 1.54) is 17.3 Å². The minimum atomic E-state index is -0.366. The predicted octanol–water partition coefficient (Wildman–Crippen LogP) is 3.43. The molecule has 0 bridgehead atoms. The van der Waals surface area contributed by atoms with Crippen LogP contribution in [0.25, 0.3) is 16.9 Å². The van der Waals surface area contributed by atoms with Gasteiger partial charge in [-0.25, -0.2) is 4.98 Å². The largest absolute Gasteiger partial charge is 0.497 e. The molecule has 5 nitrogen and oxygen atoms in total. The molecule has 0 radical (unpaired) electrons. The lowest BCUT2D eigenvalue weighted by Gasteiger charge is -2.12. The van der Waals surface area contributed by atoms with Gasteiger partial charge >= 0.3 is 0 Å². The molecule has 6 heteroatoms. The smallest absolute Gasteiger partial charge is 0.227 e. The topological polar surface area (TPSA) is 70.1 Å². The van der Waals surface area contributed by atoms with Gasteiger partial charge in [-0.2, -0.15) is 0 Å². The van der Waals surface area contributed by atoms with Crippen molar-refractivity contribution in [1.82, 2.24) is 9.55 Å². The number of carbonyl (C=O) groups excluding carboxylic acids is 1. The minimum absolute atomic E-state index is 0.185. The number of imidazole rings is 1. The summed E-state index contributed by atoms with van der Waals surface area (Å²) >= 11 is 1.33. The van der Waals surface area contributed by atoms with Gasteiger partial charge in [-0.05, 0) is 43.3 Å². The Morgan fingerprint density at radius 1 is 1.16 bits per heavy atom. The Labute approximate surface area is 150 Å². The summed E-state index contributed by atoms with van der Waals surface area (Å²) < 4.78 is 7.26. The molecule has 0 unspecified atom stereocenters. The molecule has 2 aromatic carbocycles. The lowest BCUT2D eigenvalue weighted by molar-refractivity contribution is -0.115. The number of rotatable bonds is 6. The van der Waals surface area contributed by atoms with Crippen LogP contribution < -0.4 is 10.5 Å². The third kappa shape index (κ3) is 3.85. The quantitative estimate of drug-likeness (QED) is 0.689. The molecule has 1 aromatic heterocycles. The number of primary amides is 1. The molecule has 3 aromatic rings. The maximum atomic E-state index is 11.2. The fourth-order valence-electron chi connectivity index (χ4n) is 2.48. The molecule has 0 aliphatic heterocycles. The SMILES string of the molecule is COc1ccc(-c2cnc(SCC(N)=O)n2-c2ccc(C)cc2)cc1. The molecule has 0 atom stereocenters. The molecule has 2 N–H and O–H groups in total. The van der Waals surface area contributed by atoms with E-state index in [0.717, 1.165) is 27.9 Å². The van der Waals surface area contributed by atoms with Crippen molar-refractivity contribution in [2.24, 2.45) is 5.73 Å². The zero-order chi connectivity index (χ0) is 17.8. The Morgan fingerprint density at radius 2 is 1.84 bits per heavy atom. The number of nitrogens with zero attached hydrogens (tertiary/aromatic N) is 2. The van der Waals surface area contributed by atoms with Crippen LogP contribution in [0.1, 0.15) is 5.56 Å². The Morgan fingerprint density at radius 3 is 2.44 bits per heavy atom. The van der Waals surface area contributed by atoms with Gasteiger partial charge in [0.1, 0.15) is 5.75 Å². The summed E-state index contributed by atoms with van der Waals surface area (Å²) in [5, 5.41) is 0.730. The second-order valence-electron chi connectivity index (χ2n) is 5.58. The highest BCUT2D eigenvalue weighted by molar-refractivity contribution is 7.99. The average Bonchev–Trinajstić information content (AvgIpc) is 3.04. The Hall–Kier alpha value is -2.73. The van der Waals surface area contributed by atoms with Crippen LogP contribution in [-0.4, -0.2) is 28.3 Å². The van der Waals surface area contributed by atoms with E-state index in [1.807, 2.05) is 54.1 Å². The molecule has 128 valence electrons. The van der Waals surface area contributed by atoms with E-state index in [9.17, 15) is 4.79 Å². The fourth-order valence-corrected chi connectivity index (χ4v) is 3.21. The number of thioether (sulfide) groups is 1. The van der Waals surface area contributed by atoms with Gasteiger partial charge in [0.2, 0.25) is 5.91 Å². The maximum absolute atomic E-state index is 11.2. The highest BCUT2D eigenvalue weighted by Crippen LogP contribution is 2.30. The number of nitrogens with two attached hydrogens (primary N) is 1. The normalized spacial score (nSPS) is 10.6. The molecule has 0 saturated carbocycles. The van der Waals surface area contributed by atoms with E-state index in [1.54, 1.807) is 7.11 Å². The van der Waals surface area contributed by atoms with E-state index in [4.69, 9.17) is 10.5 Å². The third-order valence-corrected chi connectivity index (χ3v) is 4.73. The van der Waals surface area contributed by atoms with Crippen molar-refractivity contribution < 1.29 is 9.53 Å². The summed E-state index contributed by atoms with van der Waals surface area (Å²) in [5.74, 6) is 0.619. The Kier molecular flexibility index (Phi) is 5.09. The summed E-state index contributed by atoms with van der Waals surface area (Å²) in [7, 11) is 1.64. The van der Waals surface area contributed by atoms with Gasteiger partial charge in [0.05, 0.1) is 24.8 Å². The molecule has 3 rings (SSSR count). The lowest BCUT2D eigenvalue weighted by Crippen LogP contribution is -2.13. The van der Waals surface area contributed by atoms with Crippen LogP contribution in [0.3, 0.4) is 0 Å². The summed E-state index contributed by atoms with van der Waals surface area (Å²) in [6.45, 7) is 2.05. The second-order valence-corrected chi connectivity index (χ2v) is 6.52. The second kappa shape index (κ2) is 7.44. The fraction of sp³-hybridized carbons (Fsp3) is 0.158. The number of carbonyl (C=O) groups is 1. The summed E-state index contributed by atoms with van der Waals surface area (Å²) in [6, 6.07) is 16.0. The highest BCUT2D eigenvalue weighted by Gasteiger charge is 2.15. The first-order valence-electron chi connectivity index (χ1n) is 7.79. The van der Waals surface area contributed by atoms with Crippen molar-refractivity contribution in [2.75, 3.05) is 12.9 Å². The number of hydrogen-bond donors (Lipinski definition) is 1. The molecule has 0 aliphatic rings. The summed E-state index contributed by atoms with van der Waals surface area (Å²) in [5.41, 5.74) is 9.41. The molecule has 0 fully saturated rings. The number of methoxy groups -OCH3 is 1. The number of hydrogen-bond acceptors (Lipinski definition) is 4. The Balaban J connectivity index is 2.07. The first kappa shape index (κ1) is 17.1. The van der Waals surface area contributed by atoms with E-state index in [-0.39, 0.29) is 11.7 Å². The van der Waals surface area contributed by atoms with Gasteiger partial charge in [-0.3, -0.25) is 9.36 Å². The lowest BCUT2D eigenvalue weighted by atomic mass is 10.1. The summed E-state index contributed by atoms with van der Waals surface area (Å²) in [6.07, 6.45) is 1.81. The van der Waals surface area contributed by atoms with Crippen molar-refractivity contribution >= 4 is 17.7 Å². The van der Waals surface area contributed by atoms with E-state index < -0.39 is 0 Å².